The lowest BCUT2D eigenvalue weighted by molar-refractivity contribution is -0.138. The van der Waals surface area contributed by atoms with Crippen molar-refractivity contribution < 1.29 is 9.59 Å². The fraction of sp³-hybridized carbons (Fsp3) is 0.412. The van der Waals surface area contributed by atoms with Crippen LogP contribution in [0.25, 0.3) is 0 Å². The minimum absolute atomic E-state index is 0.0817. The first kappa shape index (κ1) is 18.7. The lowest BCUT2D eigenvalue weighted by Crippen LogP contribution is -2.51. The van der Waals surface area contributed by atoms with Gasteiger partial charge >= 0.3 is 0 Å². The minimum atomic E-state index is -0.481. The Morgan fingerprint density at radius 3 is 2.81 bits per heavy atom. The summed E-state index contributed by atoms with van der Waals surface area (Å²) in [7, 11) is 0. The first-order valence-electron chi connectivity index (χ1n) is 8.42. The second-order valence-electron chi connectivity index (χ2n) is 6.15. The van der Waals surface area contributed by atoms with Gasteiger partial charge < -0.3 is 16.0 Å². The van der Waals surface area contributed by atoms with Gasteiger partial charge in [-0.2, -0.15) is 0 Å². The number of nitrogens with zero attached hydrogens (tertiary/aromatic N) is 3. The molecule has 0 radical (unpaired) electrons. The molecule has 0 spiro atoms. The number of hydrogen-bond donors (Lipinski definition) is 2. The van der Waals surface area contributed by atoms with Crippen molar-refractivity contribution in [2.45, 2.75) is 36.6 Å². The van der Waals surface area contributed by atoms with E-state index in [1.165, 1.54) is 28.7 Å². The fourth-order valence-corrected chi connectivity index (χ4v) is 4.47. The van der Waals surface area contributed by atoms with Crippen molar-refractivity contribution in [3.8, 4) is 0 Å². The monoisotopic (exact) mass is 391 g/mol. The molecule has 138 valence electrons. The summed E-state index contributed by atoms with van der Waals surface area (Å²) in [5.41, 5.74) is 7.55. The highest BCUT2D eigenvalue weighted by atomic mass is 32.2. The van der Waals surface area contributed by atoms with Crippen LogP contribution in [0.3, 0.4) is 0 Å². The molecule has 7 nitrogen and oxygen atoms in total. The predicted molar refractivity (Wildman–Crippen MR) is 104 cm³/mol. The molecule has 1 atom stereocenters. The quantitative estimate of drug-likeness (QED) is 0.734. The molecule has 3 N–H and O–H groups in total. The van der Waals surface area contributed by atoms with Crippen molar-refractivity contribution in [2.75, 3.05) is 17.6 Å². The second kappa shape index (κ2) is 8.50. The number of nitrogens with two attached hydrogens (primary N) is 1. The average molecular weight is 392 g/mol. The molecule has 1 aromatic heterocycles. The summed E-state index contributed by atoms with van der Waals surface area (Å²) < 4.78 is 0.709. The number of nitrogens with one attached hydrogen (secondary N) is 1. The molecule has 2 heterocycles. The number of piperidine rings is 1. The largest absolute Gasteiger partial charge is 0.368 e. The summed E-state index contributed by atoms with van der Waals surface area (Å²) in [6.07, 6.45) is 2.48. The number of hydrogen-bond acceptors (Lipinski definition) is 7. The molecule has 1 aromatic carbocycles. The lowest BCUT2D eigenvalue weighted by atomic mass is 10.0. The van der Waals surface area contributed by atoms with Crippen LogP contribution in [0.15, 0.2) is 28.6 Å². The molecule has 3 rings (SSSR count). The lowest BCUT2D eigenvalue weighted by Gasteiger charge is -2.33. The number of aromatic nitrogens is 2. The predicted octanol–water partition coefficient (Wildman–Crippen LogP) is 2.55. The van der Waals surface area contributed by atoms with E-state index >= 15 is 0 Å². The van der Waals surface area contributed by atoms with Gasteiger partial charge in [0.2, 0.25) is 16.9 Å². The number of carbonyl (C=O) groups excluding carboxylic acids is 2. The van der Waals surface area contributed by atoms with Crippen LogP contribution in [0.1, 0.15) is 24.8 Å². The summed E-state index contributed by atoms with van der Waals surface area (Å²) in [6, 6.07) is 7.52. The number of amides is 2. The summed E-state index contributed by atoms with van der Waals surface area (Å²) in [5, 5.41) is 12.1. The highest BCUT2D eigenvalue weighted by Gasteiger charge is 2.30. The molecule has 2 amide bonds. The second-order valence-corrected chi connectivity index (χ2v) is 8.35. The van der Waals surface area contributed by atoms with E-state index in [2.05, 4.69) is 15.5 Å². The van der Waals surface area contributed by atoms with Gasteiger partial charge in [0, 0.05) is 12.2 Å². The molecular weight excluding hydrogens is 370 g/mol. The maximum atomic E-state index is 12.5. The number of carbonyl (C=O) groups is 2. The van der Waals surface area contributed by atoms with E-state index in [0.717, 1.165) is 18.5 Å². The van der Waals surface area contributed by atoms with Gasteiger partial charge in [-0.25, -0.2) is 0 Å². The molecule has 0 aliphatic carbocycles. The Kier molecular flexibility index (Phi) is 6.10. The zero-order chi connectivity index (χ0) is 18.5. The topological polar surface area (TPSA) is 101 Å². The van der Waals surface area contributed by atoms with E-state index in [1.807, 2.05) is 31.2 Å². The van der Waals surface area contributed by atoms with Gasteiger partial charge in [0.25, 0.3) is 0 Å². The van der Waals surface area contributed by atoms with Crippen molar-refractivity contribution in [3.05, 3.63) is 29.8 Å². The van der Waals surface area contributed by atoms with E-state index in [-0.39, 0.29) is 11.7 Å². The van der Waals surface area contributed by atoms with Gasteiger partial charge in [0.1, 0.15) is 6.04 Å². The van der Waals surface area contributed by atoms with Crippen molar-refractivity contribution in [2.24, 2.45) is 5.73 Å². The van der Waals surface area contributed by atoms with Crippen LogP contribution >= 0.6 is 23.1 Å². The Labute approximate surface area is 160 Å². The van der Waals surface area contributed by atoms with E-state index < -0.39 is 11.9 Å². The van der Waals surface area contributed by atoms with Crippen LogP contribution in [0.2, 0.25) is 0 Å². The molecule has 1 saturated heterocycles. The summed E-state index contributed by atoms with van der Waals surface area (Å²) >= 11 is 2.73. The molecule has 9 heteroatoms. The van der Waals surface area contributed by atoms with E-state index in [9.17, 15) is 9.59 Å². The number of rotatable bonds is 6. The van der Waals surface area contributed by atoms with Crippen LogP contribution in [-0.2, 0) is 9.59 Å². The zero-order valence-corrected chi connectivity index (χ0v) is 16.1. The van der Waals surface area contributed by atoms with E-state index in [4.69, 9.17) is 5.73 Å². The van der Waals surface area contributed by atoms with Crippen LogP contribution in [0, 0.1) is 6.92 Å². The molecule has 0 unspecified atom stereocenters. The smallest absolute Gasteiger partial charge is 0.240 e. The molecule has 0 saturated carbocycles. The third-order valence-corrected chi connectivity index (χ3v) is 6.14. The molecule has 26 heavy (non-hydrogen) atoms. The number of anilines is 2. The number of aryl methyl sites for hydroxylation is 1. The summed E-state index contributed by atoms with van der Waals surface area (Å²) in [5.74, 6) is -0.284. The van der Waals surface area contributed by atoms with E-state index in [0.29, 0.717) is 22.4 Å². The normalized spacial score (nSPS) is 17.1. The SMILES string of the molecule is Cc1ccc(Nc2nnc(SCC(=O)N3CCCC[C@H]3C(N)=O)s2)cc1. The van der Waals surface area contributed by atoms with Gasteiger partial charge in [0.05, 0.1) is 5.75 Å². The molecule has 1 aliphatic rings. The first-order valence-corrected chi connectivity index (χ1v) is 10.2. The minimum Gasteiger partial charge on any atom is -0.368 e. The third kappa shape index (κ3) is 4.73. The third-order valence-electron chi connectivity index (χ3n) is 4.18. The van der Waals surface area contributed by atoms with Crippen LogP contribution in [-0.4, -0.2) is 45.3 Å². The Hall–Kier alpha value is -2.13. The Balaban J connectivity index is 1.54. The van der Waals surface area contributed by atoms with Gasteiger partial charge in [-0.15, -0.1) is 10.2 Å². The molecule has 1 aliphatic heterocycles. The zero-order valence-electron chi connectivity index (χ0n) is 14.5. The Morgan fingerprint density at radius 2 is 2.08 bits per heavy atom. The van der Waals surface area contributed by atoms with Gasteiger partial charge in [-0.05, 0) is 38.3 Å². The van der Waals surface area contributed by atoms with Crippen LogP contribution in [0.4, 0.5) is 10.8 Å². The summed E-state index contributed by atoms with van der Waals surface area (Å²) in [4.78, 5) is 25.6. The Morgan fingerprint density at radius 1 is 1.31 bits per heavy atom. The molecule has 2 aromatic rings. The molecule has 0 bridgehead atoms. The maximum absolute atomic E-state index is 12.5. The highest BCUT2D eigenvalue weighted by molar-refractivity contribution is 8.01. The number of thioether (sulfide) groups is 1. The number of benzene rings is 1. The van der Waals surface area contributed by atoms with Crippen molar-refractivity contribution in [3.63, 3.8) is 0 Å². The highest BCUT2D eigenvalue weighted by Crippen LogP contribution is 2.28. The number of primary amides is 1. The molecular formula is C17H21N5O2S2. The van der Waals surface area contributed by atoms with Crippen LogP contribution < -0.4 is 11.1 Å². The van der Waals surface area contributed by atoms with Crippen molar-refractivity contribution in [1.29, 1.82) is 0 Å². The van der Waals surface area contributed by atoms with Gasteiger partial charge in [0.15, 0.2) is 4.34 Å². The number of likely N-dealkylation sites (tertiary alicyclic amines) is 1. The van der Waals surface area contributed by atoms with Gasteiger partial charge in [-0.3, -0.25) is 9.59 Å². The van der Waals surface area contributed by atoms with Gasteiger partial charge in [-0.1, -0.05) is 40.8 Å². The van der Waals surface area contributed by atoms with Crippen molar-refractivity contribution in [1.82, 2.24) is 15.1 Å². The van der Waals surface area contributed by atoms with Crippen molar-refractivity contribution >= 4 is 45.7 Å². The Bertz CT molecular complexity index is 778. The summed E-state index contributed by atoms with van der Waals surface area (Å²) in [6.45, 7) is 2.62. The first-order chi connectivity index (χ1) is 12.5. The fourth-order valence-electron chi connectivity index (χ4n) is 2.81. The standard InChI is InChI=1S/C17H21N5O2S2/c1-11-5-7-12(8-6-11)19-16-20-21-17(26-16)25-10-14(23)22-9-3-2-4-13(22)15(18)24/h5-8,13H,2-4,9-10H2,1H3,(H2,18,24)(H,19,20)/t13-/m0/s1. The van der Waals surface area contributed by atoms with E-state index in [1.54, 1.807) is 4.90 Å². The maximum Gasteiger partial charge on any atom is 0.240 e. The average Bonchev–Trinajstić information content (AvgIpc) is 3.09. The molecule has 1 fully saturated rings. The van der Waals surface area contributed by atoms with Crippen LogP contribution in [0.5, 0.6) is 0 Å².